The van der Waals surface area contributed by atoms with Crippen molar-refractivity contribution in [2.45, 2.75) is 13.3 Å². The quantitative estimate of drug-likeness (QED) is 0.856. The number of esters is 1. The number of hydrogen-bond donors (Lipinski definition) is 1. The Kier molecular flexibility index (Phi) is 4.38. The molecule has 0 bridgehead atoms. The average Bonchev–Trinajstić information content (AvgIpc) is 2.74. The fourth-order valence-electron chi connectivity index (χ4n) is 1.50. The van der Waals surface area contributed by atoms with Crippen LogP contribution < -0.4 is 5.32 Å². The van der Waals surface area contributed by atoms with E-state index >= 15 is 0 Å². The molecule has 0 unspecified atom stereocenters. The first-order valence-corrected chi connectivity index (χ1v) is 6.84. The third-order valence-corrected chi connectivity index (χ3v) is 3.77. The van der Waals surface area contributed by atoms with Crippen molar-refractivity contribution in [3.63, 3.8) is 0 Å². The highest BCUT2D eigenvalue weighted by molar-refractivity contribution is 7.22. The summed E-state index contributed by atoms with van der Waals surface area (Å²) < 4.78 is 5.80. The first-order chi connectivity index (χ1) is 8.70. The summed E-state index contributed by atoms with van der Waals surface area (Å²) in [5, 5.41) is 4.56. The highest BCUT2D eigenvalue weighted by Crippen LogP contribution is 2.31. The minimum atomic E-state index is -0.204. The van der Waals surface area contributed by atoms with Crippen LogP contribution in [0.5, 0.6) is 0 Å². The molecule has 18 heavy (non-hydrogen) atoms. The number of nitrogens with one attached hydrogen (secondary N) is 1. The van der Waals surface area contributed by atoms with Gasteiger partial charge in [0.05, 0.1) is 28.3 Å². The Bertz CT molecular complexity index is 556. The van der Waals surface area contributed by atoms with Crippen molar-refractivity contribution in [2.24, 2.45) is 0 Å². The van der Waals surface area contributed by atoms with Crippen LogP contribution in [-0.4, -0.2) is 24.1 Å². The van der Waals surface area contributed by atoms with Crippen molar-refractivity contribution in [2.75, 3.05) is 18.5 Å². The first kappa shape index (κ1) is 13.1. The average molecular weight is 285 g/mol. The zero-order valence-electron chi connectivity index (χ0n) is 9.90. The van der Waals surface area contributed by atoms with Gasteiger partial charge in [-0.2, -0.15) is 0 Å². The molecular weight excluding hydrogens is 272 g/mol. The molecule has 2 rings (SSSR count). The molecule has 1 aromatic heterocycles. The third-order valence-electron chi connectivity index (χ3n) is 2.28. The molecule has 1 N–H and O–H groups in total. The number of halogens is 1. The molecule has 2 aromatic rings. The second kappa shape index (κ2) is 6.02. The van der Waals surface area contributed by atoms with Crippen LogP contribution in [0.2, 0.25) is 5.02 Å². The molecule has 0 saturated heterocycles. The van der Waals surface area contributed by atoms with E-state index in [0.29, 0.717) is 24.6 Å². The standard InChI is InChI=1S/C12H13ClN2O2S/c1-2-17-10(16)6-7-14-12-15-9-5-3-4-8(13)11(9)18-12/h3-5H,2,6-7H2,1H3,(H,14,15). The Morgan fingerprint density at radius 1 is 1.56 bits per heavy atom. The number of ether oxygens (including phenoxy) is 1. The van der Waals surface area contributed by atoms with Gasteiger partial charge >= 0.3 is 5.97 Å². The molecule has 0 aliphatic rings. The largest absolute Gasteiger partial charge is 0.466 e. The van der Waals surface area contributed by atoms with Crippen molar-refractivity contribution < 1.29 is 9.53 Å². The SMILES string of the molecule is CCOC(=O)CCNc1nc2cccc(Cl)c2s1. The Morgan fingerprint density at radius 2 is 2.39 bits per heavy atom. The predicted molar refractivity (Wildman–Crippen MR) is 74.4 cm³/mol. The molecule has 96 valence electrons. The van der Waals surface area contributed by atoms with E-state index in [1.165, 1.54) is 11.3 Å². The predicted octanol–water partition coefficient (Wildman–Crippen LogP) is 3.31. The van der Waals surface area contributed by atoms with Gasteiger partial charge in [-0.25, -0.2) is 4.98 Å². The summed E-state index contributed by atoms with van der Waals surface area (Å²) in [4.78, 5) is 15.5. The van der Waals surface area contributed by atoms with Gasteiger partial charge in [-0.3, -0.25) is 4.79 Å². The van der Waals surface area contributed by atoms with Crippen LogP contribution in [0.4, 0.5) is 5.13 Å². The lowest BCUT2D eigenvalue weighted by Crippen LogP contribution is -2.11. The van der Waals surface area contributed by atoms with Crippen LogP contribution in [0.3, 0.4) is 0 Å². The lowest BCUT2D eigenvalue weighted by atomic mass is 10.3. The van der Waals surface area contributed by atoms with E-state index in [2.05, 4.69) is 10.3 Å². The Morgan fingerprint density at radius 3 is 3.11 bits per heavy atom. The maximum Gasteiger partial charge on any atom is 0.307 e. The summed E-state index contributed by atoms with van der Waals surface area (Å²) in [6.07, 6.45) is 0.331. The Balaban J connectivity index is 1.96. The second-order valence-corrected chi connectivity index (χ2v) is 5.00. The zero-order valence-corrected chi connectivity index (χ0v) is 11.5. The highest BCUT2D eigenvalue weighted by atomic mass is 35.5. The number of fused-ring (bicyclic) bond motifs is 1. The fraction of sp³-hybridized carbons (Fsp3) is 0.333. The summed E-state index contributed by atoms with van der Waals surface area (Å²) in [7, 11) is 0. The number of nitrogens with zero attached hydrogens (tertiary/aromatic N) is 1. The van der Waals surface area contributed by atoms with Gasteiger partial charge in [0.25, 0.3) is 0 Å². The Hall–Kier alpha value is -1.33. The molecule has 0 fully saturated rings. The van der Waals surface area contributed by atoms with E-state index in [9.17, 15) is 4.79 Å². The summed E-state index contributed by atoms with van der Waals surface area (Å²) in [5.41, 5.74) is 0.867. The topological polar surface area (TPSA) is 51.2 Å². The van der Waals surface area contributed by atoms with Gasteiger partial charge in [-0.1, -0.05) is 29.0 Å². The van der Waals surface area contributed by atoms with Crippen molar-refractivity contribution in [1.82, 2.24) is 4.98 Å². The monoisotopic (exact) mass is 284 g/mol. The zero-order chi connectivity index (χ0) is 13.0. The Labute approximate surface area is 114 Å². The number of thiazole rings is 1. The van der Waals surface area contributed by atoms with Gasteiger partial charge < -0.3 is 10.1 Å². The highest BCUT2D eigenvalue weighted by Gasteiger charge is 2.07. The van der Waals surface area contributed by atoms with Crippen LogP contribution in [0, 0.1) is 0 Å². The molecular formula is C12H13ClN2O2S. The van der Waals surface area contributed by atoms with Crippen LogP contribution in [0.1, 0.15) is 13.3 Å². The maximum atomic E-state index is 11.2. The van der Waals surface area contributed by atoms with E-state index < -0.39 is 0 Å². The van der Waals surface area contributed by atoms with Gasteiger partial charge in [0, 0.05) is 6.54 Å². The van der Waals surface area contributed by atoms with E-state index in [1.54, 1.807) is 6.92 Å². The van der Waals surface area contributed by atoms with Crippen molar-refractivity contribution in [3.05, 3.63) is 23.2 Å². The first-order valence-electron chi connectivity index (χ1n) is 5.65. The lowest BCUT2D eigenvalue weighted by molar-refractivity contribution is -0.142. The van der Waals surface area contributed by atoms with Gasteiger partial charge in [-0.05, 0) is 19.1 Å². The van der Waals surface area contributed by atoms with E-state index in [-0.39, 0.29) is 5.97 Å². The summed E-state index contributed by atoms with van der Waals surface area (Å²) >= 11 is 7.55. The minimum Gasteiger partial charge on any atom is -0.466 e. The third kappa shape index (κ3) is 3.11. The molecule has 0 aliphatic heterocycles. The number of carbonyl (C=O) groups excluding carboxylic acids is 1. The molecule has 4 nitrogen and oxygen atoms in total. The van der Waals surface area contributed by atoms with Gasteiger partial charge in [0.1, 0.15) is 0 Å². The molecule has 0 aliphatic carbocycles. The lowest BCUT2D eigenvalue weighted by Gasteiger charge is -2.02. The minimum absolute atomic E-state index is 0.204. The van der Waals surface area contributed by atoms with E-state index in [4.69, 9.17) is 16.3 Å². The number of hydrogen-bond acceptors (Lipinski definition) is 5. The molecule has 1 aromatic carbocycles. The molecule has 0 radical (unpaired) electrons. The summed E-state index contributed by atoms with van der Waals surface area (Å²) in [6.45, 7) is 2.72. The van der Waals surface area contributed by atoms with Crippen molar-refractivity contribution in [1.29, 1.82) is 0 Å². The molecule has 0 amide bonds. The number of rotatable bonds is 5. The summed E-state index contributed by atoms with van der Waals surface area (Å²) in [5.74, 6) is -0.204. The molecule has 6 heteroatoms. The number of carbonyl (C=O) groups is 1. The normalized spacial score (nSPS) is 10.6. The van der Waals surface area contributed by atoms with Crippen LogP contribution in [0.25, 0.3) is 10.2 Å². The smallest absolute Gasteiger partial charge is 0.307 e. The number of aromatic nitrogens is 1. The van der Waals surface area contributed by atoms with Gasteiger partial charge in [0.2, 0.25) is 0 Å². The maximum absolute atomic E-state index is 11.2. The fourth-order valence-corrected chi connectivity index (χ4v) is 2.68. The van der Waals surface area contributed by atoms with Crippen LogP contribution >= 0.6 is 22.9 Å². The molecule has 1 heterocycles. The van der Waals surface area contributed by atoms with Crippen molar-refractivity contribution >= 4 is 44.3 Å². The van der Waals surface area contributed by atoms with Crippen LogP contribution in [0.15, 0.2) is 18.2 Å². The second-order valence-electron chi connectivity index (χ2n) is 3.59. The molecule has 0 atom stereocenters. The van der Waals surface area contributed by atoms with Crippen molar-refractivity contribution in [3.8, 4) is 0 Å². The van der Waals surface area contributed by atoms with E-state index in [1.807, 2.05) is 18.2 Å². The van der Waals surface area contributed by atoms with Gasteiger partial charge in [-0.15, -0.1) is 0 Å². The summed E-state index contributed by atoms with van der Waals surface area (Å²) in [6, 6.07) is 5.62. The van der Waals surface area contributed by atoms with Gasteiger partial charge in [0.15, 0.2) is 5.13 Å². The van der Waals surface area contributed by atoms with E-state index in [0.717, 1.165) is 15.3 Å². The van der Waals surface area contributed by atoms with Crippen LogP contribution in [-0.2, 0) is 9.53 Å². The molecule has 0 saturated carbocycles. The number of benzene rings is 1. The number of anilines is 1. The molecule has 0 spiro atoms.